The van der Waals surface area contributed by atoms with Gasteiger partial charge in [0, 0.05) is 28.5 Å². The third-order valence-electron chi connectivity index (χ3n) is 5.50. The Morgan fingerprint density at radius 2 is 2.00 bits per heavy atom. The number of fused-ring (bicyclic) bond motifs is 1. The zero-order chi connectivity index (χ0) is 28.3. The number of H-pyrrole nitrogens is 1. The number of rotatable bonds is 10. The van der Waals surface area contributed by atoms with Gasteiger partial charge in [0.25, 0.3) is 16.5 Å². The molecule has 2 aliphatic heterocycles. The lowest BCUT2D eigenvalue weighted by Crippen LogP contribution is -2.71. The lowest BCUT2D eigenvalue weighted by Gasteiger charge is -2.49. The fraction of sp³-hybridized carbons (Fsp3) is 0.286. The van der Waals surface area contributed by atoms with Crippen LogP contribution in [0.4, 0.5) is 4.79 Å². The van der Waals surface area contributed by atoms with E-state index in [0.717, 1.165) is 34.1 Å². The molecule has 2 aliphatic rings. The molecule has 1 fully saturated rings. The summed E-state index contributed by atoms with van der Waals surface area (Å²) in [6.45, 7) is -0.665. The summed E-state index contributed by atoms with van der Waals surface area (Å²) in [5, 5.41) is 40.6. The Kier molecular flexibility index (Phi) is 8.46. The Morgan fingerprint density at radius 3 is 2.64 bits per heavy atom. The summed E-state index contributed by atoms with van der Waals surface area (Å²) in [4.78, 5) is 74.0. The average Bonchev–Trinajstić information content (AvgIpc) is 3.42. The van der Waals surface area contributed by atoms with Crippen molar-refractivity contribution in [1.29, 1.82) is 0 Å². The lowest BCUT2D eigenvalue weighted by molar-refractivity contribution is -0.707. The van der Waals surface area contributed by atoms with Crippen molar-refractivity contribution in [2.24, 2.45) is 0 Å². The highest BCUT2D eigenvalue weighted by Gasteiger charge is 2.54. The number of urea groups is 1. The van der Waals surface area contributed by atoms with Gasteiger partial charge >= 0.3 is 18.0 Å². The lowest BCUT2D eigenvalue weighted by atomic mass is 10.0. The van der Waals surface area contributed by atoms with E-state index >= 15 is 0 Å². The first-order valence-electron chi connectivity index (χ1n) is 11.0. The number of thiophene rings is 1. The maximum Gasteiger partial charge on any atom is 0.352 e. The molecule has 206 valence electrons. The van der Waals surface area contributed by atoms with Crippen molar-refractivity contribution in [3.63, 3.8) is 0 Å². The van der Waals surface area contributed by atoms with Crippen LogP contribution < -0.4 is 26.4 Å². The number of carbonyl (C=O) groups excluding carboxylic acids is 3. The van der Waals surface area contributed by atoms with Crippen LogP contribution in [0.2, 0.25) is 0 Å². The van der Waals surface area contributed by atoms with E-state index < -0.39 is 59.3 Å². The van der Waals surface area contributed by atoms with Gasteiger partial charge < -0.3 is 31.4 Å². The van der Waals surface area contributed by atoms with Crippen LogP contribution in [-0.4, -0.2) is 79.5 Å². The molecule has 0 spiro atoms. The van der Waals surface area contributed by atoms with Crippen molar-refractivity contribution in [2.45, 2.75) is 22.5 Å². The van der Waals surface area contributed by atoms with Gasteiger partial charge in [0.15, 0.2) is 0 Å². The maximum absolute atomic E-state index is 13.1. The Bertz CT molecular complexity index is 1410. The average molecular weight is 597 g/mol. The molecular weight excluding hydrogens is 576 g/mol. The number of β-lactam (4-membered cyclic amide) rings is 1. The largest absolute Gasteiger partial charge is 0.595 e. The number of amides is 4. The van der Waals surface area contributed by atoms with Gasteiger partial charge in [0.05, 0.1) is 0 Å². The minimum Gasteiger partial charge on any atom is -0.595 e. The zero-order valence-corrected chi connectivity index (χ0v) is 22.1. The van der Waals surface area contributed by atoms with E-state index in [0.29, 0.717) is 10.5 Å². The molecule has 0 bridgehead atoms. The van der Waals surface area contributed by atoms with Gasteiger partial charge in [-0.1, -0.05) is 10.9 Å². The second-order valence-corrected chi connectivity index (χ2v) is 11.1. The number of aromatic nitrogens is 2. The standard InChI is InChI=1S/C21H20N6O9S3/c28-11-3-4-12(27(36)25-11)38-7-9-8-39-19-15(18(32)26(19)16(9)20(33)34)23-17(31)14(10-2-1-5-37-10)24-21(35)22-6-13(29)30/h1-5,14-15,19H,6-8H2,(H,23,31)(H,25,28)(H,29,30)(H,33,34)(H2,22,24,35)/t14?,15-,19?/m0/s1. The van der Waals surface area contributed by atoms with Crippen LogP contribution in [0.5, 0.6) is 0 Å². The topological polar surface area (TPSA) is 225 Å². The van der Waals surface area contributed by atoms with E-state index in [-0.39, 0.29) is 27.1 Å². The van der Waals surface area contributed by atoms with E-state index in [2.05, 4.69) is 16.0 Å². The number of nitrogens with zero attached hydrogens (tertiary/aromatic N) is 2. The van der Waals surface area contributed by atoms with Gasteiger partial charge in [-0.2, -0.15) is 0 Å². The molecule has 4 heterocycles. The SMILES string of the molecule is O=C(O)CNC(=O)NC(C(=O)N[C@H]1C(=O)N2C(C(=O)O)=C(CSc3ccc(=O)[nH][n+]3[O-])CSC12)c1cccs1. The number of aromatic amines is 1. The predicted octanol–water partition coefficient (Wildman–Crippen LogP) is -0.974. The van der Waals surface area contributed by atoms with Gasteiger partial charge in [-0.25, -0.2) is 9.59 Å². The molecule has 0 radical (unpaired) electrons. The fourth-order valence-corrected chi connectivity index (χ4v) is 6.90. The third kappa shape index (κ3) is 6.18. The summed E-state index contributed by atoms with van der Waals surface area (Å²) in [6.07, 6.45) is 0. The van der Waals surface area contributed by atoms with Crippen molar-refractivity contribution in [2.75, 3.05) is 18.1 Å². The number of hydrogen-bond donors (Lipinski definition) is 6. The zero-order valence-electron chi connectivity index (χ0n) is 19.6. The van der Waals surface area contributed by atoms with Crippen molar-refractivity contribution < 1.29 is 39.0 Å². The van der Waals surface area contributed by atoms with Crippen molar-refractivity contribution >= 4 is 64.6 Å². The van der Waals surface area contributed by atoms with Crippen LogP contribution in [0, 0.1) is 5.21 Å². The number of hydrogen-bond acceptors (Lipinski definition) is 10. The molecule has 39 heavy (non-hydrogen) atoms. The Morgan fingerprint density at radius 1 is 1.23 bits per heavy atom. The monoisotopic (exact) mass is 596 g/mol. The highest BCUT2D eigenvalue weighted by molar-refractivity contribution is 8.01. The number of aliphatic carboxylic acids is 2. The highest BCUT2D eigenvalue weighted by atomic mass is 32.2. The van der Waals surface area contributed by atoms with Crippen LogP contribution >= 0.6 is 34.9 Å². The molecule has 0 saturated carbocycles. The second kappa shape index (κ2) is 11.8. The summed E-state index contributed by atoms with van der Waals surface area (Å²) in [6, 6.07) is 2.49. The van der Waals surface area contributed by atoms with E-state index in [9.17, 15) is 39.1 Å². The fourth-order valence-electron chi connectivity index (χ4n) is 3.77. The van der Waals surface area contributed by atoms with Crippen LogP contribution in [0.3, 0.4) is 0 Å². The van der Waals surface area contributed by atoms with E-state index in [1.54, 1.807) is 17.5 Å². The first-order valence-corrected chi connectivity index (χ1v) is 13.9. The molecule has 2 unspecified atom stereocenters. The van der Waals surface area contributed by atoms with Crippen molar-refractivity contribution in [3.8, 4) is 0 Å². The number of thioether (sulfide) groups is 2. The van der Waals surface area contributed by atoms with Crippen molar-refractivity contribution in [1.82, 2.24) is 25.9 Å². The summed E-state index contributed by atoms with van der Waals surface area (Å²) < 4.78 is 0. The number of nitrogens with one attached hydrogen (secondary N) is 4. The Balaban J connectivity index is 1.46. The quantitative estimate of drug-likeness (QED) is 0.0846. The highest BCUT2D eigenvalue weighted by Crippen LogP contribution is 2.41. The minimum atomic E-state index is -1.35. The molecule has 4 amide bonds. The number of carbonyl (C=O) groups is 5. The summed E-state index contributed by atoms with van der Waals surface area (Å²) >= 11 is 3.38. The van der Waals surface area contributed by atoms with Crippen LogP contribution in [0.1, 0.15) is 10.9 Å². The molecular formula is C21H20N6O9S3. The maximum atomic E-state index is 13.1. The second-order valence-electron chi connectivity index (χ2n) is 8.05. The van der Waals surface area contributed by atoms with Crippen LogP contribution in [0.25, 0.3) is 0 Å². The molecule has 3 atom stereocenters. The third-order valence-corrected chi connectivity index (χ3v) is 8.86. The first kappa shape index (κ1) is 28.0. The Hall–Kier alpha value is -4.03. The van der Waals surface area contributed by atoms with Gasteiger partial charge in [-0.05, 0) is 28.8 Å². The van der Waals surface area contributed by atoms with Gasteiger partial charge in [-0.15, -0.1) is 28.2 Å². The molecule has 4 rings (SSSR count). The Labute approximate surface area is 231 Å². The van der Waals surface area contributed by atoms with Crippen molar-refractivity contribution in [3.05, 3.63) is 61.4 Å². The molecule has 0 aromatic carbocycles. The molecule has 18 heteroatoms. The van der Waals surface area contributed by atoms with E-state index in [1.807, 2.05) is 5.10 Å². The molecule has 1 saturated heterocycles. The number of carboxylic acid groups (broad SMARTS) is 2. The normalized spacial score (nSPS) is 19.0. The molecule has 0 aliphatic carbocycles. The smallest absolute Gasteiger partial charge is 0.352 e. The molecule has 2 aromatic rings. The van der Waals surface area contributed by atoms with E-state index in [4.69, 9.17) is 5.11 Å². The van der Waals surface area contributed by atoms with Crippen LogP contribution in [-0.2, 0) is 19.2 Å². The van der Waals surface area contributed by atoms with Gasteiger partial charge in [0.1, 0.15) is 29.7 Å². The van der Waals surface area contributed by atoms with Gasteiger partial charge in [-0.3, -0.25) is 24.1 Å². The summed E-state index contributed by atoms with van der Waals surface area (Å²) in [7, 11) is 0. The summed E-state index contributed by atoms with van der Waals surface area (Å²) in [5.74, 6) is -3.76. The first-order chi connectivity index (χ1) is 18.6. The van der Waals surface area contributed by atoms with Crippen LogP contribution in [0.15, 0.2) is 50.7 Å². The summed E-state index contributed by atoms with van der Waals surface area (Å²) in [5.41, 5.74) is -0.455. The molecule has 2 aromatic heterocycles. The van der Waals surface area contributed by atoms with Gasteiger partial charge in [0.2, 0.25) is 5.91 Å². The van der Waals surface area contributed by atoms with E-state index in [1.165, 1.54) is 17.8 Å². The predicted molar refractivity (Wildman–Crippen MR) is 138 cm³/mol. The minimum absolute atomic E-state index is 0.0618. The molecule has 15 nitrogen and oxygen atoms in total. The molecule has 6 N–H and O–H groups in total. The number of carboxylic acids is 2.